The standard InChI is InChI=1S/C14H16N2O3S/c1-10-5-3-4-6-13(10)19-14-9-11(7-8-12(14)15)20(17,18)16-2/h3-9,16H,15H2,1-2H3. The second-order valence-corrected chi connectivity index (χ2v) is 6.16. The molecule has 0 aliphatic rings. The Labute approximate surface area is 118 Å². The number of sulfonamides is 1. The Morgan fingerprint density at radius 2 is 1.80 bits per heavy atom. The van der Waals surface area contributed by atoms with Gasteiger partial charge in [0.05, 0.1) is 10.6 Å². The summed E-state index contributed by atoms with van der Waals surface area (Å²) in [5.41, 5.74) is 7.15. The first-order chi connectivity index (χ1) is 9.44. The molecule has 0 atom stereocenters. The maximum Gasteiger partial charge on any atom is 0.240 e. The number of anilines is 1. The molecule has 0 radical (unpaired) electrons. The van der Waals surface area contributed by atoms with E-state index in [0.717, 1.165) is 5.56 Å². The van der Waals surface area contributed by atoms with Crippen LogP contribution in [0.25, 0.3) is 0 Å². The second kappa shape index (κ2) is 5.52. The summed E-state index contributed by atoms with van der Waals surface area (Å²) in [4.78, 5) is 0.109. The van der Waals surface area contributed by atoms with Crippen LogP contribution in [0.15, 0.2) is 47.4 Å². The van der Waals surface area contributed by atoms with Gasteiger partial charge in [0.2, 0.25) is 10.0 Å². The van der Waals surface area contributed by atoms with Gasteiger partial charge in [-0.2, -0.15) is 0 Å². The van der Waals surface area contributed by atoms with Crippen molar-refractivity contribution in [2.75, 3.05) is 12.8 Å². The van der Waals surface area contributed by atoms with Crippen molar-refractivity contribution in [1.82, 2.24) is 4.72 Å². The van der Waals surface area contributed by atoms with Crippen LogP contribution in [0.2, 0.25) is 0 Å². The molecule has 0 fully saturated rings. The molecule has 106 valence electrons. The lowest BCUT2D eigenvalue weighted by Gasteiger charge is -2.12. The maximum absolute atomic E-state index is 11.8. The lowest BCUT2D eigenvalue weighted by molar-refractivity contribution is 0.479. The van der Waals surface area contributed by atoms with E-state index in [-0.39, 0.29) is 4.90 Å². The highest BCUT2D eigenvalue weighted by molar-refractivity contribution is 7.89. The number of ether oxygens (including phenoxy) is 1. The Balaban J connectivity index is 2.42. The number of rotatable bonds is 4. The minimum absolute atomic E-state index is 0.109. The smallest absolute Gasteiger partial charge is 0.240 e. The highest BCUT2D eigenvalue weighted by Crippen LogP contribution is 2.31. The molecule has 0 spiro atoms. The van der Waals surface area contributed by atoms with Crippen molar-refractivity contribution >= 4 is 15.7 Å². The Morgan fingerprint density at radius 3 is 2.45 bits per heavy atom. The largest absolute Gasteiger partial charge is 0.455 e. The van der Waals surface area contributed by atoms with E-state index >= 15 is 0 Å². The van der Waals surface area contributed by atoms with Crippen LogP contribution in [-0.2, 0) is 10.0 Å². The van der Waals surface area contributed by atoms with Crippen LogP contribution in [0.5, 0.6) is 11.5 Å². The zero-order valence-electron chi connectivity index (χ0n) is 11.3. The number of nitrogen functional groups attached to an aromatic ring is 1. The fraction of sp³-hybridized carbons (Fsp3) is 0.143. The van der Waals surface area contributed by atoms with Gasteiger partial charge in [0, 0.05) is 6.07 Å². The average Bonchev–Trinajstić information content (AvgIpc) is 2.43. The molecule has 5 nitrogen and oxygen atoms in total. The van der Waals surface area contributed by atoms with Crippen LogP contribution < -0.4 is 15.2 Å². The molecule has 0 saturated carbocycles. The van der Waals surface area contributed by atoms with E-state index in [0.29, 0.717) is 17.2 Å². The minimum atomic E-state index is -3.53. The van der Waals surface area contributed by atoms with Gasteiger partial charge in [-0.1, -0.05) is 18.2 Å². The van der Waals surface area contributed by atoms with Crippen LogP contribution >= 0.6 is 0 Å². The predicted molar refractivity (Wildman–Crippen MR) is 78.4 cm³/mol. The maximum atomic E-state index is 11.8. The molecule has 0 unspecified atom stereocenters. The third-order valence-electron chi connectivity index (χ3n) is 2.88. The third kappa shape index (κ3) is 2.92. The topological polar surface area (TPSA) is 81.4 Å². The molecular weight excluding hydrogens is 276 g/mol. The van der Waals surface area contributed by atoms with E-state index in [4.69, 9.17) is 10.5 Å². The van der Waals surface area contributed by atoms with E-state index in [1.807, 2.05) is 25.1 Å². The van der Waals surface area contributed by atoms with Crippen LogP contribution in [-0.4, -0.2) is 15.5 Å². The molecule has 0 amide bonds. The number of nitrogens with one attached hydrogen (secondary N) is 1. The van der Waals surface area contributed by atoms with Gasteiger partial charge in [-0.3, -0.25) is 0 Å². The van der Waals surface area contributed by atoms with Crippen molar-refractivity contribution in [2.45, 2.75) is 11.8 Å². The van der Waals surface area contributed by atoms with Gasteiger partial charge in [-0.15, -0.1) is 0 Å². The summed E-state index contributed by atoms with van der Waals surface area (Å²) < 4.78 is 31.5. The number of benzene rings is 2. The molecule has 0 aromatic heterocycles. The predicted octanol–water partition coefficient (Wildman–Crippen LogP) is 2.28. The van der Waals surface area contributed by atoms with E-state index in [1.165, 1.54) is 25.2 Å². The molecule has 20 heavy (non-hydrogen) atoms. The van der Waals surface area contributed by atoms with Crippen molar-refractivity contribution in [3.05, 3.63) is 48.0 Å². The van der Waals surface area contributed by atoms with Crippen LogP contribution in [0.4, 0.5) is 5.69 Å². The van der Waals surface area contributed by atoms with Crippen molar-refractivity contribution in [2.24, 2.45) is 0 Å². The normalized spacial score (nSPS) is 11.3. The van der Waals surface area contributed by atoms with Gasteiger partial charge in [-0.05, 0) is 37.7 Å². The summed E-state index contributed by atoms with van der Waals surface area (Å²) in [6, 6.07) is 11.8. The SMILES string of the molecule is CNS(=O)(=O)c1ccc(N)c(Oc2ccccc2C)c1. The summed E-state index contributed by atoms with van der Waals surface area (Å²) in [7, 11) is -2.17. The Morgan fingerprint density at radius 1 is 1.10 bits per heavy atom. The minimum Gasteiger partial charge on any atom is -0.455 e. The number of hydrogen-bond donors (Lipinski definition) is 2. The summed E-state index contributed by atoms with van der Waals surface area (Å²) in [5, 5.41) is 0. The molecule has 0 aliphatic heterocycles. The van der Waals surface area contributed by atoms with Crippen molar-refractivity contribution < 1.29 is 13.2 Å². The molecular formula is C14H16N2O3S. The number of para-hydroxylation sites is 1. The van der Waals surface area contributed by atoms with Crippen molar-refractivity contribution in [3.63, 3.8) is 0 Å². The summed E-state index contributed by atoms with van der Waals surface area (Å²) >= 11 is 0. The molecule has 2 rings (SSSR count). The van der Waals surface area contributed by atoms with E-state index in [2.05, 4.69) is 4.72 Å². The summed E-state index contributed by atoms with van der Waals surface area (Å²) in [6.45, 7) is 1.90. The third-order valence-corrected chi connectivity index (χ3v) is 4.29. The van der Waals surface area contributed by atoms with Crippen LogP contribution in [0.3, 0.4) is 0 Å². The van der Waals surface area contributed by atoms with Gasteiger partial charge >= 0.3 is 0 Å². The van der Waals surface area contributed by atoms with Gasteiger partial charge in [0.25, 0.3) is 0 Å². The molecule has 2 aromatic rings. The van der Waals surface area contributed by atoms with Gasteiger partial charge in [0.1, 0.15) is 5.75 Å². The van der Waals surface area contributed by atoms with Gasteiger partial charge in [0.15, 0.2) is 5.75 Å². The second-order valence-electron chi connectivity index (χ2n) is 4.27. The Hall–Kier alpha value is -2.05. The van der Waals surface area contributed by atoms with Crippen LogP contribution in [0.1, 0.15) is 5.56 Å². The Kier molecular flexibility index (Phi) is 3.96. The molecule has 3 N–H and O–H groups in total. The van der Waals surface area contributed by atoms with Crippen molar-refractivity contribution in [3.8, 4) is 11.5 Å². The van der Waals surface area contributed by atoms with Crippen molar-refractivity contribution in [1.29, 1.82) is 0 Å². The number of aryl methyl sites for hydroxylation is 1. The molecule has 0 heterocycles. The molecule has 0 aliphatic carbocycles. The highest BCUT2D eigenvalue weighted by Gasteiger charge is 2.14. The van der Waals surface area contributed by atoms with Gasteiger partial charge in [-0.25, -0.2) is 13.1 Å². The lowest BCUT2D eigenvalue weighted by Crippen LogP contribution is -2.18. The Bertz CT molecular complexity index is 727. The monoisotopic (exact) mass is 292 g/mol. The fourth-order valence-electron chi connectivity index (χ4n) is 1.68. The number of hydrogen-bond acceptors (Lipinski definition) is 4. The zero-order chi connectivity index (χ0) is 14.8. The molecule has 0 bridgehead atoms. The fourth-order valence-corrected chi connectivity index (χ4v) is 2.42. The highest BCUT2D eigenvalue weighted by atomic mass is 32.2. The summed E-state index contributed by atoms with van der Waals surface area (Å²) in [6.07, 6.45) is 0. The number of nitrogens with two attached hydrogens (primary N) is 1. The molecule has 0 saturated heterocycles. The van der Waals surface area contributed by atoms with E-state index in [1.54, 1.807) is 6.07 Å². The average molecular weight is 292 g/mol. The first-order valence-electron chi connectivity index (χ1n) is 6.00. The lowest BCUT2D eigenvalue weighted by atomic mass is 10.2. The van der Waals surface area contributed by atoms with Crippen LogP contribution in [0, 0.1) is 6.92 Å². The first kappa shape index (κ1) is 14.4. The van der Waals surface area contributed by atoms with E-state index < -0.39 is 10.0 Å². The van der Waals surface area contributed by atoms with Gasteiger partial charge < -0.3 is 10.5 Å². The first-order valence-corrected chi connectivity index (χ1v) is 7.49. The zero-order valence-corrected chi connectivity index (χ0v) is 12.1. The van der Waals surface area contributed by atoms with E-state index in [9.17, 15) is 8.42 Å². The summed E-state index contributed by atoms with van der Waals surface area (Å²) in [5.74, 6) is 0.953. The molecule has 2 aromatic carbocycles. The molecule has 6 heteroatoms. The quantitative estimate of drug-likeness (QED) is 0.847.